The number of allylic oxidation sites excluding steroid dienone is 1. The first-order valence-corrected chi connectivity index (χ1v) is 17.8. The summed E-state index contributed by atoms with van der Waals surface area (Å²) in [7, 11) is 0. The number of carbonyl (C=O) groups excluding carboxylic acids is 5. The third-order valence-corrected chi connectivity index (χ3v) is 9.59. The molecule has 50 heavy (non-hydrogen) atoms. The Hall–Kier alpha value is -3.84. The number of hydrogen-bond acceptors (Lipinski definition) is 8. The topological polar surface area (TPSA) is 156 Å². The van der Waals surface area contributed by atoms with Gasteiger partial charge in [0.15, 0.2) is 0 Å². The van der Waals surface area contributed by atoms with Gasteiger partial charge in [-0.2, -0.15) is 0 Å². The van der Waals surface area contributed by atoms with E-state index in [1.165, 1.54) is 9.80 Å². The van der Waals surface area contributed by atoms with Gasteiger partial charge in [-0.1, -0.05) is 48.7 Å². The molecule has 0 bridgehead atoms. The van der Waals surface area contributed by atoms with Crippen LogP contribution in [0.1, 0.15) is 97.6 Å². The second-order valence-corrected chi connectivity index (χ2v) is 16.1. The molecule has 5 atom stereocenters. The lowest BCUT2D eigenvalue weighted by Gasteiger charge is -2.30. The van der Waals surface area contributed by atoms with Gasteiger partial charge in [0.25, 0.3) is 5.91 Å². The smallest absolute Gasteiger partial charge is 0.410 e. The first-order chi connectivity index (χ1) is 23.5. The van der Waals surface area contributed by atoms with Gasteiger partial charge in [0.1, 0.15) is 29.3 Å². The molecular weight excluding hydrogens is 666 g/mol. The van der Waals surface area contributed by atoms with Crippen LogP contribution >= 0.6 is 11.6 Å². The van der Waals surface area contributed by atoms with Crippen LogP contribution in [0.2, 0.25) is 5.02 Å². The molecule has 3 heterocycles. The molecule has 4 aliphatic rings. The zero-order valence-corrected chi connectivity index (χ0v) is 30.6. The van der Waals surface area contributed by atoms with Crippen LogP contribution in [0.3, 0.4) is 0 Å². The summed E-state index contributed by atoms with van der Waals surface area (Å²) in [5, 5.41) is 6.24. The van der Waals surface area contributed by atoms with Crippen LogP contribution in [0.25, 0.3) is 0 Å². The van der Waals surface area contributed by atoms with E-state index in [0.29, 0.717) is 30.8 Å². The molecule has 0 unspecified atom stereocenters. The van der Waals surface area contributed by atoms with Crippen LogP contribution < -0.4 is 16.1 Å². The Labute approximate surface area is 298 Å². The highest BCUT2D eigenvalue weighted by atomic mass is 35.5. The number of halogens is 1. The standard InChI is InChI=1S/C36H50ClN5O8/c1-34(2,3)49-32(46)38-27-16-11-9-7-8-10-14-23-18-36(23,31(45)40-50-35(4,5)6)39-29(43)28-17-24(20-42(28)30(27)44)48-33(47)41-19-22-13-12-15-26(37)25(22)21-41/h10,12-15,23-24,27-28H,7-9,11,16-21H2,1-6H3,(H,38,46)(H,39,43)(H,40,45)/b14-10-/t23-,24+,27-,28-,36-/m0/s1. The van der Waals surface area contributed by atoms with Crippen molar-refractivity contribution in [3.05, 3.63) is 46.5 Å². The summed E-state index contributed by atoms with van der Waals surface area (Å²) in [4.78, 5) is 76.8. The largest absolute Gasteiger partial charge is 0.444 e. The predicted molar refractivity (Wildman–Crippen MR) is 184 cm³/mol. The van der Waals surface area contributed by atoms with E-state index < -0.39 is 64.8 Å². The van der Waals surface area contributed by atoms with Gasteiger partial charge < -0.3 is 25.0 Å². The summed E-state index contributed by atoms with van der Waals surface area (Å²) in [6, 6.07) is 3.42. The molecule has 0 aromatic heterocycles. The maximum absolute atomic E-state index is 14.3. The van der Waals surface area contributed by atoms with E-state index in [2.05, 4.69) is 16.1 Å². The highest BCUT2D eigenvalue weighted by Crippen LogP contribution is 2.45. The third kappa shape index (κ3) is 9.08. The van der Waals surface area contributed by atoms with E-state index in [4.69, 9.17) is 25.9 Å². The van der Waals surface area contributed by atoms with Crippen molar-refractivity contribution < 1.29 is 38.3 Å². The number of benzene rings is 1. The number of hydroxylamine groups is 1. The minimum absolute atomic E-state index is 0.000706. The number of hydrogen-bond donors (Lipinski definition) is 3. The lowest BCUT2D eigenvalue weighted by Crippen LogP contribution is -2.58. The van der Waals surface area contributed by atoms with Gasteiger partial charge in [-0.15, -0.1) is 0 Å². The van der Waals surface area contributed by atoms with Gasteiger partial charge in [0.2, 0.25) is 11.8 Å². The quantitative estimate of drug-likeness (QED) is 0.294. The van der Waals surface area contributed by atoms with Crippen molar-refractivity contribution >= 4 is 41.5 Å². The number of alkyl carbamates (subject to hydrolysis) is 1. The molecule has 274 valence electrons. The van der Waals surface area contributed by atoms with Gasteiger partial charge in [-0.3, -0.25) is 24.1 Å². The number of amides is 5. The first-order valence-electron chi connectivity index (χ1n) is 17.4. The number of rotatable bonds is 4. The first kappa shape index (κ1) is 37.4. The summed E-state index contributed by atoms with van der Waals surface area (Å²) >= 11 is 6.36. The fourth-order valence-electron chi connectivity index (χ4n) is 6.63. The predicted octanol–water partition coefficient (Wildman–Crippen LogP) is 4.90. The van der Waals surface area contributed by atoms with Crippen LogP contribution in [-0.2, 0) is 41.8 Å². The van der Waals surface area contributed by atoms with Crippen LogP contribution in [0.5, 0.6) is 0 Å². The van der Waals surface area contributed by atoms with E-state index in [1.807, 2.05) is 24.3 Å². The number of nitrogens with zero attached hydrogens (tertiary/aromatic N) is 2. The fourth-order valence-corrected chi connectivity index (χ4v) is 6.89. The van der Waals surface area contributed by atoms with Crippen molar-refractivity contribution in [2.45, 2.75) is 135 Å². The number of fused-ring (bicyclic) bond motifs is 3. The SMILES string of the molecule is CC(C)(C)ONC(=O)[C@]12C[C@@H]1/C=C\CCCCC[C@H](NC(=O)OC(C)(C)C)C(=O)N1C[C@H](OC(=O)N3Cc4cccc(Cl)c4C3)C[C@H]1C(=O)N2. The van der Waals surface area contributed by atoms with E-state index in [9.17, 15) is 24.0 Å². The molecule has 1 saturated carbocycles. The lowest BCUT2D eigenvalue weighted by molar-refractivity contribution is -0.151. The highest BCUT2D eigenvalue weighted by molar-refractivity contribution is 6.31. The van der Waals surface area contributed by atoms with Crippen molar-refractivity contribution in [1.82, 2.24) is 25.9 Å². The fraction of sp³-hybridized carbons (Fsp3) is 0.639. The summed E-state index contributed by atoms with van der Waals surface area (Å²) in [5.41, 5.74) is 1.55. The summed E-state index contributed by atoms with van der Waals surface area (Å²) in [6.07, 6.45) is 5.50. The minimum Gasteiger partial charge on any atom is -0.444 e. The molecule has 2 fully saturated rings. The summed E-state index contributed by atoms with van der Waals surface area (Å²) in [6.45, 7) is 11.1. The van der Waals surface area contributed by atoms with Crippen molar-refractivity contribution in [2.24, 2.45) is 5.92 Å². The van der Waals surface area contributed by atoms with E-state index in [1.54, 1.807) is 47.6 Å². The van der Waals surface area contributed by atoms with Crippen LogP contribution in [0, 0.1) is 5.92 Å². The zero-order chi connectivity index (χ0) is 36.4. The van der Waals surface area contributed by atoms with Gasteiger partial charge in [0.05, 0.1) is 18.7 Å². The Kier molecular flexibility index (Phi) is 11.1. The van der Waals surface area contributed by atoms with Crippen LogP contribution in [0.4, 0.5) is 9.59 Å². The molecule has 0 radical (unpaired) electrons. The molecule has 1 aromatic rings. The normalized spacial score (nSPS) is 27.8. The summed E-state index contributed by atoms with van der Waals surface area (Å²) in [5.74, 6) is -1.82. The van der Waals surface area contributed by atoms with E-state index in [-0.39, 0.29) is 25.4 Å². The molecule has 3 N–H and O–H groups in total. The number of nitrogens with one attached hydrogen (secondary N) is 3. The molecule has 5 rings (SSSR count). The Morgan fingerprint density at radius 3 is 2.48 bits per heavy atom. The molecule has 5 amide bonds. The highest BCUT2D eigenvalue weighted by Gasteiger charge is 2.61. The second-order valence-electron chi connectivity index (χ2n) is 15.7. The third-order valence-electron chi connectivity index (χ3n) is 9.24. The van der Waals surface area contributed by atoms with Crippen LogP contribution in [-0.4, -0.2) is 81.2 Å². The van der Waals surface area contributed by atoms with Crippen molar-refractivity contribution in [3.63, 3.8) is 0 Å². The van der Waals surface area contributed by atoms with Gasteiger partial charge in [-0.25, -0.2) is 15.1 Å². The Balaban J connectivity index is 1.39. The van der Waals surface area contributed by atoms with Crippen molar-refractivity contribution in [2.75, 3.05) is 6.54 Å². The Morgan fingerprint density at radius 1 is 1.02 bits per heavy atom. The molecule has 3 aliphatic heterocycles. The molecule has 1 saturated heterocycles. The van der Waals surface area contributed by atoms with E-state index in [0.717, 1.165) is 30.4 Å². The maximum atomic E-state index is 14.3. The molecule has 1 aromatic carbocycles. The Bertz CT molecular complexity index is 1520. The summed E-state index contributed by atoms with van der Waals surface area (Å²) < 4.78 is 11.4. The molecule has 1 aliphatic carbocycles. The molecule has 13 nitrogen and oxygen atoms in total. The van der Waals surface area contributed by atoms with Crippen molar-refractivity contribution in [1.29, 1.82) is 0 Å². The van der Waals surface area contributed by atoms with E-state index >= 15 is 0 Å². The second kappa shape index (κ2) is 14.8. The Morgan fingerprint density at radius 2 is 1.78 bits per heavy atom. The number of carbonyl (C=O) groups is 5. The lowest BCUT2D eigenvalue weighted by atomic mass is 10.0. The van der Waals surface area contributed by atoms with Gasteiger partial charge in [0, 0.05) is 23.9 Å². The molecule has 0 spiro atoms. The van der Waals surface area contributed by atoms with Crippen molar-refractivity contribution in [3.8, 4) is 0 Å². The average Bonchev–Trinajstić information content (AvgIpc) is 3.32. The monoisotopic (exact) mass is 715 g/mol. The zero-order valence-electron chi connectivity index (χ0n) is 29.8. The van der Waals surface area contributed by atoms with Gasteiger partial charge in [-0.05, 0) is 84.4 Å². The van der Waals surface area contributed by atoms with Gasteiger partial charge >= 0.3 is 12.2 Å². The number of ether oxygens (including phenoxy) is 2. The minimum atomic E-state index is -1.28. The van der Waals surface area contributed by atoms with Crippen LogP contribution in [0.15, 0.2) is 30.4 Å². The maximum Gasteiger partial charge on any atom is 0.410 e. The average molecular weight is 716 g/mol. The molecular formula is C36H50ClN5O8. The molecule has 14 heteroatoms.